The van der Waals surface area contributed by atoms with Crippen molar-refractivity contribution in [2.45, 2.75) is 50.7 Å². The molecule has 4 nitrogen and oxygen atoms in total. The fourth-order valence-electron chi connectivity index (χ4n) is 3.15. The molecule has 1 saturated carbocycles. The Kier molecular flexibility index (Phi) is 3.42. The van der Waals surface area contributed by atoms with Crippen LogP contribution in [0.5, 0.6) is 5.75 Å². The van der Waals surface area contributed by atoms with Crippen molar-refractivity contribution in [3.8, 4) is 5.75 Å². The van der Waals surface area contributed by atoms with Crippen molar-refractivity contribution in [1.82, 2.24) is 0 Å². The second kappa shape index (κ2) is 5.09. The Hall–Kier alpha value is -1.55. The fraction of sp³-hybridized carbons (Fsp3) is 0.562. The van der Waals surface area contributed by atoms with Gasteiger partial charge in [0.2, 0.25) is 0 Å². The van der Waals surface area contributed by atoms with Gasteiger partial charge in [-0.2, -0.15) is 0 Å². The highest BCUT2D eigenvalue weighted by atomic mass is 16.5. The van der Waals surface area contributed by atoms with Crippen LogP contribution < -0.4 is 4.74 Å². The maximum Gasteiger partial charge on any atom is 0.339 e. The first-order chi connectivity index (χ1) is 9.60. The van der Waals surface area contributed by atoms with Gasteiger partial charge in [-0.15, -0.1) is 0 Å². The molecule has 0 radical (unpaired) electrons. The van der Waals surface area contributed by atoms with E-state index in [4.69, 9.17) is 9.47 Å². The van der Waals surface area contributed by atoms with Crippen LogP contribution in [0, 0.1) is 6.92 Å². The van der Waals surface area contributed by atoms with Gasteiger partial charge in [-0.1, -0.05) is 12.1 Å². The first kappa shape index (κ1) is 13.4. The zero-order chi connectivity index (χ0) is 14.2. The van der Waals surface area contributed by atoms with Crippen LogP contribution in [0.1, 0.15) is 48.0 Å². The molecule has 108 valence electrons. The van der Waals surface area contributed by atoms with Crippen molar-refractivity contribution in [3.63, 3.8) is 0 Å². The zero-order valence-corrected chi connectivity index (χ0v) is 11.7. The fourth-order valence-corrected chi connectivity index (χ4v) is 3.15. The zero-order valence-electron chi connectivity index (χ0n) is 11.7. The third kappa shape index (κ3) is 2.40. The van der Waals surface area contributed by atoms with E-state index in [1.54, 1.807) is 12.1 Å². The van der Waals surface area contributed by atoms with E-state index in [0.717, 1.165) is 31.2 Å². The molecule has 1 aromatic carbocycles. The largest absolute Gasteiger partial charge is 0.489 e. The normalized spacial score (nSPS) is 24.1. The second-order valence-electron chi connectivity index (χ2n) is 5.87. The van der Waals surface area contributed by atoms with Crippen LogP contribution in [0.4, 0.5) is 0 Å². The minimum absolute atomic E-state index is 0.00892. The number of para-hydroxylation sites is 1. The van der Waals surface area contributed by atoms with Gasteiger partial charge in [-0.3, -0.25) is 0 Å². The van der Waals surface area contributed by atoms with Crippen molar-refractivity contribution in [2.24, 2.45) is 0 Å². The van der Waals surface area contributed by atoms with Gasteiger partial charge < -0.3 is 14.6 Å². The van der Waals surface area contributed by atoms with Gasteiger partial charge >= 0.3 is 5.97 Å². The summed E-state index contributed by atoms with van der Waals surface area (Å²) in [6.07, 6.45) is 5.19. The van der Waals surface area contributed by atoms with E-state index in [2.05, 4.69) is 0 Å². The number of ether oxygens (including phenoxy) is 2. The van der Waals surface area contributed by atoms with Gasteiger partial charge in [0.1, 0.15) is 17.4 Å². The monoisotopic (exact) mass is 276 g/mol. The molecule has 1 atom stereocenters. The van der Waals surface area contributed by atoms with Crippen LogP contribution in [0.2, 0.25) is 0 Å². The Morgan fingerprint density at radius 2 is 2.25 bits per heavy atom. The smallest absolute Gasteiger partial charge is 0.339 e. The van der Waals surface area contributed by atoms with E-state index in [-0.39, 0.29) is 17.3 Å². The number of rotatable bonds is 3. The molecule has 1 aliphatic carbocycles. The average molecular weight is 276 g/mol. The molecular weight excluding hydrogens is 256 g/mol. The van der Waals surface area contributed by atoms with E-state index < -0.39 is 5.97 Å². The second-order valence-corrected chi connectivity index (χ2v) is 5.87. The van der Waals surface area contributed by atoms with E-state index in [0.29, 0.717) is 12.4 Å². The standard InChI is InChI=1S/C16H20O4/c1-11-4-2-5-13(15(17)18)14(11)20-12-6-9-19-16(10-12)7-3-8-16/h2,4-5,12H,3,6-10H2,1H3,(H,17,18). The van der Waals surface area contributed by atoms with Gasteiger partial charge in [0.15, 0.2) is 0 Å². The molecule has 1 N–H and O–H groups in total. The van der Waals surface area contributed by atoms with Crippen LogP contribution >= 0.6 is 0 Å². The van der Waals surface area contributed by atoms with Gasteiger partial charge in [0, 0.05) is 12.8 Å². The van der Waals surface area contributed by atoms with Gasteiger partial charge in [-0.05, 0) is 37.8 Å². The van der Waals surface area contributed by atoms with Crippen molar-refractivity contribution >= 4 is 5.97 Å². The van der Waals surface area contributed by atoms with E-state index in [1.807, 2.05) is 13.0 Å². The average Bonchev–Trinajstić information content (AvgIpc) is 2.39. The predicted molar refractivity (Wildman–Crippen MR) is 74.3 cm³/mol. The van der Waals surface area contributed by atoms with Crippen molar-refractivity contribution in [3.05, 3.63) is 29.3 Å². The molecule has 2 fully saturated rings. The summed E-state index contributed by atoms with van der Waals surface area (Å²) in [7, 11) is 0. The lowest BCUT2D eigenvalue weighted by Gasteiger charge is -2.47. The number of carbonyl (C=O) groups is 1. The first-order valence-corrected chi connectivity index (χ1v) is 7.23. The molecule has 3 rings (SSSR count). The summed E-state index contributed by atoms with van der Waals surface area (Å²) in [5.41, 5.74) is 1.13. The molecule has 1 aliphatic heterocycles. The topological polar surface area (TPSA) is 55.8 Å². The Bertz CT molecular complexity index is 519. The van der Waals surface area contributed by atoms with Crippen LogP contribution in [-0.4, -0.2) is 29.4 Å². The van der Waals surface area contributed by atoms with E-state index >= 15 is 0 Å². The number of carboxylic acids is 1. The lowest BCUT2D eigenvalue weighted by molar-refractivity contribution is -0.153. The summed E-state index contributed by atoms with van der Waals surface area (Å²) >= 11 is 0. The van der Waals surface area contributed by atoms with Crippen molar-refractivity contribution in [1.29, 1.82) is 0 Å². The Labute approximate surface area is 118 Å². The molecule has 1 heterocycles. The van der Waals surface area contributed by atoms with E-state index in [9.17, 15) is 9.90 Å². The third-order valence-corrected chi connectivity index (χ3v) is 4.44. The van der Waals surface area contributed by atoms with Crippen molar-refractivity contribution < 1.29 is 19.4 Å². The van der Waals surface area contributed by atoms with Gasteiger partial charge in [-0.25, -0.2) is 4.79 Å². The Balaban J connectivity index is 1.79. The summed E-state index contributed by atoms with van der Waals surface area (Å²) < 4.78 is 11.9. The molecule has 1 spiro atoms. The number of carboxylic acid groups (broad SMARTS) is 1. The highest BCUT2D eigenvalue weighted by Gasteiger charge is 2.43. The molecule has 1 unspecified atom stereocenters. The number of hydrogen-bond donors (Lipinski definition) is 1. The first-order valence-electron chi connectivity index (χ1n) is 7.23. The molecule has 1 saturated heterocycles. The summed E-state index contributed by atoms with van der Waals surface area (Å²) in [6, 6.07) is 5.24. The highest BCUT2D eigenvalue weighted by Crippen LogP contribution is 2.43. The molecule has 1 aromatic rings. The minimum atomic E-state index is -0.936. The molecular formula is C16H20O4. The minimum Gasteiger partial charge on any atom is -0.489 e. The van der Waals surface area contributed by atoms with E-state index in [1.165, 1.54) is 6.42 Å². The quantitative estimate of drug-likeness (QED) is 0.921. The number of hydrogen-bond acceptors (Lipinski definition) is 3. The van der Waals surface area contributed by atoms with Crippen LogP contribution in [0.25, 0.3) is 0 Å². The van der Waals surface area contributed by atoms with Gasteiger partial charge in [0.25, 0.3) is 0 Å². The molecule has 0 bridgehead atoms. The number of aryl methyl sites for hydroxylation is 1. The maximum absolute atomic E-state index is 11.3. The van der Waals surface area contributed by atoms with Crippen LogP contribution in [-0.2, 0) is 4.74 Å². The highest BCUT2D eigenvalue weighted by molar-refractivity contribution is 5.91. The lowest BCUT2D eigenvalue weighted by Crippen LogP contribution is -2.48. The Morgan fingerprint density at radius 3 is 2.90 bits per heavy atom. The lowest BCUT2D eigenvalue weighted by atomic mass is 9.74. The molecule has 0 aromatic heterocycles. The maximum atomic E-state index is 11.3. The summed E-state index contributed by atoms with van der Waals surface area (Å²) in [6.45, 7) is 2.60. The summed E-state index contributed by atoms with van der Waals surface area (Å²) in [5.74, 6) is -0.421. The SMILES string of the molecule is Cc1cccc(C(=O)O)c1OC1CCOC2(CCC2)C1. The Morgan fingerprint density at radius 1 is 1.45 bits per heavy atom. The third-order valence-electron chi connectivity index (χ3n) is 4.44. The molecule has 0 amide bonds. The molecule has 20 heavy (non-hydrogen) atoms. The van der Waals surface area contributed by atoms with Gasteiger partial charge in [0.05, 0.1) is 12.2 Å². The summed E-state index contributed by atoms with van der Waals surface area (Å²) in [5, 5.41) is 9.27. The molecule has 4 heteroatoms. The predicted octanol–water partition coefficient (Wildman–Crippen LogP) is 3.17. The van der Waals surface area contributed by atoms with Crippen LogP contribution in [0.3, 0.4) is 0 Å². The van der Waals surface area contributed by atoms with Crippen LogP contribution in [0.15, 0.2) is 18.2 Å². The van der Waals surface area contributed by atoms with Crippen molar-refractivity contribution in [2.75, 3.05) is 6.61 Å². The number of aromatic carboxylic acids is 1. The number of benzene rings is 1. The molecule has 2 aliphatic rings. The summed E-state index contributed by atoms with van der Waals surface area (Å²) in [4.78, 5) is 11.3.